The van der Waals surface area contributed by atoms with Crippen LogP contribution in [-0.4, -0.2) is 23.2 Å². The van der Waals surface area contributed by atoms with Gasteiger partial charge in [-0.15, -0.1) is 0 Å². The molecule has 96 valence electrons. The van der Waals surface area contributed by atoms with Crippen molar-refractivity contribution in [3.05, 3.63) is 59.9 Å². The first-order valence-electron chi connectivity index (χ1n) is 6.09. The van der Waals surface area contributed by atoms with Crippen molar-refractivity contribution in [1.82, 2.24) is 4.98 Å². The molecule has 0 unspecified atom stereocenters. The van der Waals surface area contributed by atoms with Crippen LogP contribution in [0.15, 0.2) is 48.7 Å². The van der Waals surface area contributed by atoms with Crippen molar-refractivity contribution in [2.24, 2.45) is 0 Å². The van der Waals surface area contributed by atoms with Crippen LogP contribution in [-0.2, 0) is 6.54 Å². The fraction of sp³-hybridized carbons (Fsp3) is 0.200. The van der Waals surface area contributed by atoms with E-state index in [1.807, 2.05) is 47.4 Å². The molecule has 0 saturated carbocycles. The molecule has 0 spiro atoms. The molecule has 0 aliphatic carbocycles. The summed E-state index contributed by atoms with van der Waals surface area (Å²) in [6, 6.07) is 15.6. The van der Waals surface area contributed by atoms with Crippen LogP contribution in [0.4, 0.5) is 5.69 Å². The van der Waals surface area contributed by atoms with Gasteiger partial charge in [0, 0.05) is 25.0 Å². The van der Waals surface area contributed by atoms with Crippen LogP contribution in [0.25, 0.3) is 0 Å². The minimum absolute atomic E-state index is 0.0665. The quantitative estimate of drug-likeness (QED) is 0.884. The van der Waals surface area contributed by atoms with Crippen molar-refractivity contribution < 1.29 is 5.11 Å². The summed E-state index contributed by atoms with van der Waals surface area (Å²) in [5.74, 6) is 0. The molecule has 0 fully saturated rings. The Morgan fingerprint density at radius 2 is 2.00 bits per heavy atom. The summed E-state index contributed by atoms with van der Waals surface area (Å²) in [6.45, 7) is 1.27. The van der Waals surface area contributed by atoms with E-state index in [1.54, 1.807) is 12.3 Å². The summed E-state index contributed by atoms with van der Waals surface area (Å²) in [7, 11) is 0. The van der Waals surface area contributed by atoms with Crippen molar-refractivity contribution in [3.8, 4) is 6.07 Å². The lowest BCUT2D eigenvalue weighted by Gasteiger charge is -2.24. The van der Waals surface area contributed by atoms with Crippen LogP contribution < -0.4 is 4.90 Å². The molecule has 4 heteroatoms. The molecule has 2 rings (SSSR count). The van der Waals surface area contributed by atoms with Gasteiger partial charge < -0.3 is 10.0 Å². The minimum Gasteiger partial charge on any atom is -0.395 e. The highest BCUT2D eigenvalue weighted by Gasteiger charge is 2.08. The van der Waals surface area contributed by atoms with E-state index in [0.717, 1.165) is 11.3 Å². The van der Waals surface area contributed by atoms with Crippen LogP contribution in [0.1, 0.15) is 11.3 Å². The standard InChI is InChI=1S/C15H15N3O/c16-11-14-10-15(6-7-17-14)18(8-9-19)12-13-4-2-1-3-5-13/h1-7,10,19H,8-9,12H2. The van der Waals surface area contributed by atoms with E-state index >= 15 is 0 Å². The van der Waals surface area contributed by atoms with Gasteiger partial charge in [-0.1, -0.05) is 30.3 Å². The zero-order valence-electron chi connectivity index (χ0n) is 10.5. The lowest BCUT2D eigenvalue weighted by Crippen LogP contribution is -2.26. The van der Waals surface area contributed by atoms with E-state index in [2.05, 4.69) is 4.98 Å². The molecule has 4 nitrogen and oxygen atoms in total. The number of aromatic nitrogens is 1. The van der Waals surface area contributed by atoms with E-state index < -0.39 is 0 Å². The van der Waals surface area contributed by atoms with Crippen molar-refractivity contribution >= 4 is 5.69 Å². The Bertz CT molecular complexity index is 563. The lowest BCUT2D eigenvalue weighted by molar-refractivity contribution is 0.301. The minimum atomic E-state index is 0.0665. The second-order valence-electron chi connectivity index (χ2n) is 4.14. The number of benzene rings is 1. The first kappa shape index (κ1) is 13.1. The highest BCUT2D eigenvalue weighted by atomic mass is 16.3. The van der Waals surface area contributed by atoms with E-state index in [1.165, 1.54) is 0 Å². The molecular weight excluding hydrogens is 238 g/mol. The molecule has 0 bridgehead atoms. The zero-order valence-corrected chi connectivity index (χ0v) is 10.5. The largest absolute Gasteiger partial charge is 0.395 e. The Hall–Kier alpha value is -2.38. The molecule has 0 aliphatic rings. The Balaban J connectivity index is 2.22. The van der Waals surface area contributed by atoms with Crippen molar-refractivity contribution in [2.45, 2.75) is 6.54 Å². The molecule has 1 aromatic heterocycles. The molecule has 0 radical (unpaired) electrons. The number of nitrogens with zero attached hydrogens (tertiary/aromatic N) is 3. The van der Waals surface area contributed by atoms with Crippen LogP contribution in [0.3, 0.4) is 0 Å². The molecular formula is C15H15N3O. The zero-order chi connectivity index (χ0) is 13.5. The van der Waals surface area contributed by atoms with Gasteiger partial charge in [0.1, 0.15) is 11.8 Å². The van der Waals surface area contributed by atoms with Gasteiger partial charge in [-0.25, -0.2) is 4.98 Å². The maximum atomic E-state index is 9.18. The molecule has 1 heterocycles. The molecule has 2 aromatic rings. The Labute approximate surface area is 112 Å². The van der Waals surface area contributed by atoms with Gasteiger partial charge >= 0.3 is 0 Å². The smallest absolute Gasteiger partial charge is 0.142 e. The summed E-state index contributed by atoms with van der Waals surface area (Å²) in [4.78, 5) is 5.98. The third-order valence-electron chi connectivity index (χ3n) is 2.81. The monoisotopic (exact) mass is 253 g/mol. The van der Waals surface area contributed by atoms with Crippen LogP contribution >= 0.6 is 0 Å². The molecule has 19 heavy (non-hydrogen) atoms. The predicted octanol–water partition coefficient (Wildman–Crippen LogP) is 1.95. The second-order valence-corrected chi connectivity index (χ2v) is 4.14. The normalized spacial score (nSPS) is 9.89. The number of aliphatic hydroxyl groups excluding tert-OH is 1. The van der Waals surface area contributed by atoms with E-state index in [4.69, 9.17) is 5.26 Å². The number of aliphatic hydroxyl groups is 1. The maximum Gasteiger partial charge on any atom is 0.142 e. The number of nitriles is 1. The summed E-state index contributed by atoms with van der Waals surface area (Å²) in [6.07, 6.45) is 1.61. The number of hydrogen-bond donors (Lipinski definition) is 1. The average Bonchev–Trinajstić information content (AvgIpc) is 2.48. The average molecular weight is 253 g/mol. The van der Waals surface area contributed by atoms with Gasteiger partial charge in [0.05, 0.1) is 6.61 Å². The van der Waals surface area contributed by atoms with Crippen LogP contribution in [0, 0.1) is 11.3 Å². The fourth-order valence-corrected chi connectivity index (χ4v) is 1.90. The Morgan fingerprint density at radius 3 is 2.68 bits per heavy atom. The summed E-state index contributed by atoms with van der Waals surface area (Å²) < 4.78 is 0. The molecule has 1 aromatic carbocycles. The SMILES string of the molecule is N#Cc1cc(N(CCO)Cc2ccccc2)ccn1. The molecule has 0 atom stereocenters. The number of pyridine rings is 1. The van der Waals surface area contributed by atoms with Crippen molar-refractivity contribution in [1.29, 1.82) is 5.26 Å². The van der Waals surface area contributed by atoms with Crippen molar-refractivity contribution in [2.75, 3.05) is 18.1 Å². The Morgan fingerprint density at radius 1 is 1.21 bits per heavy atom. The number of anilines is 1. The van der Waals surface area contributed by atoms with Gasteiger partial charge in [-0.2, -0.15) is 5.26 Å². The third-order valence-corrected chi connectivity index (χ3v) is 2.81. The van der Waals surface area contributed by atoms with E-state index in [9.17, 15) is 5.11 Å². The van der Waals surface area contributed by atoms with E-state index in [0.29, 0.717) is 18.8 Å². The van der Waals surface area contributed by atoms with Gasteiger partial charge in [0.2, 0.25) is 0 Å². The Kier molecular flexibility index (Phi) is 4.49. The van der Waals surface area contributed by atoms with Gasteiger partial charge in [-0.3, -0.25) is 0 Å². The summed E-state index contributed by atoms with van der Waals surface area (Å²) in [5, 5.41) is 18.1. The molecule has 1 N–H and O–H groups in total. The predicted molar refractivity (Wildman–Crippen MR) is 73.5 cm³/mol. The topological polar surface area (TPSA) is 60.2 Å². The van der Waals surface area contributed by atoms with Gasteiger partial charge in [0.25, 0.3) is 0 Å². The highest BCUT2D eigenvalue weighted by Crippen LogP contribution is 2.17. The van der Waals surface area contributed by atoms with Gasteiger partial charge in [0.15, 0.2) is 0 Å². The molecule has 0 amide bonds. The fourth-order valence-electron chi connectivity index (χ4n) is 1.90. The second kappa shape index (κ2) is 6.53. The number of hydrogen-bond acceptors (Lipinski definition) is 4. The summed E-state index contributed by atoms with van der Waals surface area (Å²) in [5.41, 5.74) is 2.43. The molecule has 0 aliphatic heterocycles. The third kappa shape index (κ3) is 3.54. The maximum absolute atomic E-state index is 9.18. The van der Waals surface area contributed by atoms with Gasteiger partial charge in [-0.05, 0) is 17.7 Å². The van der Waals surface area contributed by atoms with Crippen LogP contribution in [0.5, 0.6) is 0 Å². The lowest BCUT2D eigenvalue weighted by atomic mass is 10.2. The highest BCUT2D eigenvalue weighted by molar-refractivity contribution is 5.49. The first-order chi connectivity index (χ1) is 9.33. The van der Waals surface area contributed by atoms with Crippen LogP contribution in [0.2, 0.25) is 0 Å². The number of rotatable bonds is 5. The summed E-state index contributed by atoms with van der Waals surface area (Å²) >= 11 is 0. The van der Waals surface area contributed by atoms with Crippen molar-refractivity contribution in [3.63, 3.8) is 0 Å². The van der Waals surface area contributed by atoms with E-state index in [-0.39, 0.29) is 6.61 Å². The molecule has 0 saturated heterocycles. The first-order valence-corrected chi connectivity index (χ1v) is 6.09.